The van der Waals surface area contributed by atoms with Gasteiger partial charge in [0.1, 0.15) is 0 Å². The van der Waals surface area contributed by atoms with E-state index >= 15 is 0 Å². The zero-order valence-corrected chi connectivity index (χ0v) is 16.6. The summed E-state index contributed by atoms with van der Waals surface area (Å²) in [4.78, 5) is 0. The molecule has 5 nitrogen and oxygen atoms in total. The van der Waals surface area contributed by atoms with Gasteiger partial charge in [0.05, 0.1) is 24.2 Å². The van der Waals surface area contributed by atoms with Gasteiger partial charge < -0.3 is 22.8 Å². The first kappa shape index (κ1) is 26.7. The van der Waals surface area contributed by atoms with Crippen molar-refractivity contribution in [1.82, 2.24) is 0 Å². The first-order chi connectivity index (χ1) is 9.27. The molecule has 0 aromatic heterocycles. The van der Waals surface area contributed by atoms with E-state index in [1.165, 1.54) is 57.8 Å². The topological polar surface area (TPSA) is 85.6 Å². The molecule has 0 amide bonds. The van der Waals surface area contributed by atoms with Gasteiger partial charge in [-0.25, -0.2) is 0 Å². The Bertz CT molecular complexity index is 242. The van der Waals surface area contributed by atoms with Crippen LogP contribution in [0, 0.1) is 0 Å². The van der Waals surface area contributed by atoms with Gasteiger partial charge in [-0.15, -0.1) is 0 Å². The van der Waals surface area contributed by atoms with Crippen LogP contribution in [0.3, 0.4) is 0 Å². The SMILES string of the molecule is CCCCCCCCCCCCOCCO[S-](=O)=O.[Na+].[OH3+]. The van der Waals surface area contributed by atoms with E-state index in [1.807, 2.05) is 0 Å². The van der Waals surface area contributed by atoms with Crippen LogP contribution in [0.5, 0.6) is 0 Å². The first-order valence-electron chi connectivity index (χ1n) is 7.57. The van der Waals surface area contributed by atoms with Crippen LogP contribution in [0.25, 0.3) is 0 Å². The summed E-state index contributed by atoms with van der Waals surface area (Å²) in [5, 5.41) is 0. The first-order valence-corrected chi connectivity index (χ1v) is 8.57. The van der Waals surface area contributed by atoms with Crippen molar-refractivity contribution in [3.8, 4) is 0 Å². The molecule has 7 heteroatoms. The Labute approximate surface area is 153 Å². The predicted molar refractivity (Wildman–Crippen MR) is 82.2 cm³/mol. The van der Waals surface area contributed by atoms with Crippen molar-refractivity contribution in [3.63, 3.8) is 0 Å². The van der Waals surface area contributed by atoms with Crippen LogP contribution in [0.1, 0.15) is 71.1 Å². The quantitative estimate of drug-likeness (QED) is 0.186. The van der Waals surface area contributed by atoms with Crippen LogP contribution in [0.2, 0.25) is 0 Å². The second kappa shape index (κ2) is 23.1. The van der Waals surface area contributed by atoms with Gasteiger partial charge in [-0.3, -0.25) is 0 Å². The van der Waals surface area contributed by atoms with Gasteiger partial charge in [0.15, 0.2) is 0 Å². The van der Waals surface area contributed by atoms with Gasteiger partial charge in [0.2, 0.25) is 0 Å². The normalized spacial score (nSPS) is 10.2. The molecular weight excluding hydrogens is 303 g/mol. The standard InChI is InChI=1S/C14H29O4S.Na.H2O/c1-2-3-4-5-6-7-8-9-10-11-12-17-13-14-18-19(15)16;;/h2-14H2,1H3;;1H2/q-1;+1;/p+1. The van der Waals surface area contributed by atoms with Gasteiger partial charge in [-0.2, -0.15) is 0 Å². The molecule has 0 aromatic carbocycles. The van der Waals surface area contributed by atoms with Crippen LogP contribution in [0.4, 0.5) is 0 Å². The average molecular weight is 335 g/mol. The van der Waals surface area contributed by atoms with Crippen molar-refractivity contribution in [2.24, 2.45) is 0 Å². The molecule has 0 spiro atoms. The summed E-state index contributed by atoms with van der Waals surface area (Å²) >= 11 is 0. The Kier molecular flexibility index (Phi) is 29.4. The fourth-order valence-corrected chi connectivity index (χ4v) is 2.16. The molecule has 0 aliphatic heterocycles. The van der Waals surface area contributed by atoms with E-state index in [2.05, 4.69) is 11.1 Å². The van der Waals surface area contributed by atoms with Gasteiger partial charge >= 0.3 is 29.6 Å². The van der Waals surface area contributed by atoms with Crippen molar-refractivity contribution in [3.05, 3.63) is 0 Å². The molecule has 3 N–H and O–H groups in total. The van der Waals surface area contributed by atoms with Crippen molar-refractivity contribution in [1.29, 1.82) is 0 Å². The Hall–Kier alpha value is 0.830. The summed E-state index contributed by atoms with van der Waals surface area (Å²) < 4.78 is 29.7. The number of unbranched alkanes of at least 4 members (excludes halogenated alkanes) is 9. The predicted octanol–water partition coefficient (Wildman–Crippen LogP) is 0.247. The smallest absolute Gasteiger partial charge is 0.457 e. The summed E-state index contributed by atoms with van der Waals surface area (Å²) in [6.45, 7) is 3.42. The number of ether oxygens (including phenoxy) is 1. The molecule has 0 unspecified atom stereocenters. The molecule has 0 heterocycles. The molecule has 0 saturated heterocycles. The Balaban J connectivity index is -0.00000162. The van der Waals surface area contributed by atoms with Crippen LogP contribution >= 0.6 is 0 Å². The molecular formula is C14H32NaO5S+. The number of hydrogen-bond donors (Lipinski definition) is 0. The molecule has 0 saturated carbocycles. The average Bonchev–Trinajstić information content (AvgIpc) is 2.39. The molecule has 0 atom stereocenters. The second-order valence-electron chi connectivity index (χ2n) is 4.82. The molecule has 0 aliphatic rings. The van der Waals surface area contributed by atoms with E-state index in [1.54, 1.807) is 0 Å². The molecule has 0 bridgehead atoms. The van der Waals surface area contributed by atoms with Crippen molar-refractivity contribution >= 4 is 11.0 Å². The number of rotatable bonds is 15. The molecule has 0 aliphatic carbocycles. The van der Waals surface area contributed by atoms with E-state index < -0.39 is 11.0 Å². The maximum atomic E-state index is 10.0. The fraction of sp³-hybridized carbons (Fsp3) is 1.00. The van der Waals surface area contributed by atoms with E-state index in [4.69, 9.17) is 4.74 Å². The minimum Gasteiger partial charge on any atom is -0.457 e. The van der Waals surface area contributed by atoms with Gasteiger partial charge in [0.25, 0.3) is 0 Å². The van der Waals surface area contributed by atoms with Gasteiger partial charge in [-0.1, -0.05) is 64.7 Å². The minimum absolute atomic E-state index is 0. The largest absolute Gasteiger partial charge is 1.00 e. The van der Waals surface area contributed by atoms with Crippen LogP contribution in [0.15, 0.2) is 0 Å². The van der Waals surface area contributed by atoms with Crippen molar-refractivity contribution in [2.45, 2.75) is 71.1 Å². The monoisotopic (exact) mass is 335 g/mol. The van der Waals surface area contributed by atoms with Crippen LogP contribution < -0.4 is 29.6 Å². The third kappa shape index (κ3) is 26.1. The van der Waals surface area contributed by atoms with E-state index in [-0.39, 0.29) is 41.6 Å². The molecule has 0 rings (SSSR count). The maximum absolute atomic E-state index is 10.0. The Morgan fingerprint density at radius 3 is 1.67 bits per heavy atom. The molecule has 124 valence electrons. The van der Waals surface area contributed by atoms with Gasteiger partial charge in [-0.05, 0) is 6.42 Å². The van der Waals surface area contributed by atoms with Gasteiger partial charge in [0, 0.05) is 6.61 Å². The Morgan fingerprint density at radius 2 is 1.19 bits per heavy atom. The number of hydrogen-bond acceptors (Lipinski definition) is 5. The summed E-state index contributed by atoms with van der Waals surface area (Å²) in [6, 6.07) is 0. The van der Waals surface area contributed by atoms with Crippen molar-refractivity contribution < 1.29 is 52.4 Å². The van der Waals surface area contributed by atoms with E-state index in [0.717, 1.165) is 6.42 Å². The Morgan fingerprint density at radius 1 is 0.714 bits per heavy atom. The molecule has 0 aromatic rings. The molecule has 21 heavy (non-hydrogen) atoms. The maximum Gasteiger partial charge on any atom is 1.00 e. The van der Waals surface area contributed by atoms with Crippen LogP contribution in [-0.4, -0.2) is 19.8 Å². The third-order valence-corrected chi connectivity index (χ3v) is 3.41. The summed E-state index contributed by atoms with van der Waals surface area (Å²) in [6.07, 6.45) is 13.0. The molecule has 0 radical (unpaired) electrons. The van der Waals surface area contributed by atoms with Crippen LogP contribution in [-0.2, 0) is 33.8 Å². The summed E-state index contributed by atoms with van der Waals surface area (Å²) in [5.41, 5.74) is 0. The second-order valence-corrected chi connectivity index (χ2v) is 5.46. The third-order valence-electron chi connectivity index (χ3n) is 3.05. The zero-order chi connectivity index (χ0) is 14.2. The summed E-state index contributed by atoms with van der Waals surface area (Å²) in [5.74, 6) is 0. The van der Waals surface area contributed by atoms with E-state index in [9.17, 15) is 8.42 Å². The molecule has 0 fully saturated rings. The van der Waals surface area contributed by atoms with Crippen molar-refractivity contribution in [2.75, 3.05) is 19.8 Å². The fourth-order valence-electron chi connectivity index (χ4n) is 1.95. The zero-order valence-electron chi connectivity index (χ0n) is 13.8. The summed E-state index contributed by atoms with van der Waals surface area (Å²) in [7, 11) is -2.41. The van der Waals surface area contributed by atoms with E-state index in [0.29, 0.717) is 13.2 Å². The minimum atomic E-state index is -2.41.